The summed E-state index contributed by atoms with van der Waals surface area (Å²) in [5, 5.41) is 0. The fourth-order valence-electron chi connectivity index (χ4n) is 2.63. The smallest absolute Gasteiger partial charge is 0.207 e. The molecule has 0 amide bonds. The van der Waals surface area contributed by atoms with Gasteiger partial charge in [0.2, 0.25) is 10.0 Å². The summed E-state index contributed by atoms with van der Waals surface area (Å²) in [5.41, 5.74) is 2.24. The van der Waals surface area contributed by atoms with Crippen LogP contribution in [-0.4, -0.2) is 25.3 Å². The molecule has 1 saturated heterocycles. The minimum atomic E-state index is -3.38. The van der Waals surface area contributed by atoms with Crippen molar-refractivity contribution in [3.63, 3.8) is 0 Å². The van der Waals surface area contributed by atoms with Crippen molar-refractivity contribution < 1.29 is 8.42 Å². The van der Waals surface area contributed by atoms with Crippen LogP contribution in [0.15, 0.2) is 40.8 Å². The van der Waals surface area contributed by atoms with E-state index in [0.717, 1.165) is 24.8 Å². The maximum atomic E-state index is 12.8. The summed E-state index contributed by atoms with van der Waals surface area (Å²) in [6.07, 6.45) is 5.02. The van der Waals surface area contributed by atoms with Crippen molar-refractivity contribution in [1.82, 2.24) is 4.31 Å². The van der Waals surface area contributed by atoms with Gasteiger partial charge in [0.15, 0.2) is 0 Å². The van der Waals surface area contributed by atoms with E-state index in [2.05, 4.69) is 6.08 Å². The number of piperidine rings is 1. The number of rotatable bonds is 3. The highest BCUT2D eigenvalue weighted by molar-refractivity contribution is 7.89. The van der Waals surface area contributed by atoms with Crippen LogP contribution in [0.4, 0.5) is 0 Å². The Morgan fingerprint density at radius 3 is 2.45 bits per heavy atom. The quantitative estimate of drug-likeness (QED) is 0.800. The van der Waals surface area contributed by atoms with E-state index in [0.29, 0.717) is 11.4 Å². The first-order chi connectivity index (χ1) is 9.41. The molecule has 0 saturated carbocycles. The summed E-state index contributed by atoms with van der Waals surface area (Å²) in [6.45, 7) is 6.62. The van der Waals surface area contributed by atoms with Gasteiger partial charge in [0.1, 0.15) is 0 Å². The van der Waals surface area contributed by atoms with E-state index in [-0.39, 0.29) is 6.04 Å². The van der Waals surface area contributed by atoms with Crippen molar-refractivity contribution in [3.8, 4) is 0 Å². The first kappa shape index (κ1) is 15.3. The minimum absolute atomic E-state index is 0.0000491. The lowest BCUT2D eigenvalue weighted by Crippen LogP contribution is -2.42. The Kier molecular flexibility index (Phi) is 4.66. The molecule has 110 valence electrons. The van der Waals surface area contributed by atoms with Crippen molar-refractivity contribution >= 4 is 10.0 Å². The van der Waals surface area contributed by atoms with E-state index in [1.54, 1.807) is 16.4 Å². The summed E-state index contributed by atoms with van der Waals surface area (Å²) < 4.78 is 27.2. The molecule has 1 fully saturated rings. The molecule has 2 rings (SSSR count). The molecule has 0 aliphatic carbocycles. The molecule has 0 unspecified atom stereocenters. The average molecular weight is 293 g/mol. The highest BCUT2D eigenvalue weighted by Gasteiger charge is 2.32. The minimum Gasteiger partial charge on any atom is -0.207 e. The predicted octanol–water partition coefficient (Wildman–Crippen LogP) is 3.50. The van der Waals surface area contributed by atoms with Gasteiger partial charge in [-0.25, -0.2) is 8.42 Å². The third kappa shape index (κ3) is 3.30. The van der Waals surface area contributed by atoms with Crippen LogP contribution >= 0.6 is 0 Å². The maximum absolute atomic E-state index is 12.8. The molecule has 1 atom stereocenters. The zero-order chi connectivity index (χ0) is 14.8. The Hall–Kier alpha value is -1.13. The van der Waals surface area contributed by atoms with Gasteiger partial charge >= 0.3 is 0 Å². The molecule has 20 heavy (non-hydrogen) atoms. The Balaban J connectivity index is 2.35. The summed E-state index contributed by atoms with van der Waals surface area (Å²) in [7, 11) is -3.38. The Bertz CT molecular complexity index is 583. The molecule has 0 aromatic heterocycles. The fourth-order valence-corrected chi connectivity index (χ4v) is 4.27. The lowest BCUT2D eigenvalue weighted by atomic mass is 10.0. The zero-order valence-corrected chi connectivity index (χ0v) is 13.3. The molecule has 4 heteroatoms. The number of nitrogens with zero attached hydrogens (tertiary/aromatic N) is 1. The second kappa shape index (κ2) is 6.10. The molecule has 1 aromatic carbocycles. The molecule has 0 radical (unpaired) electrons. The molecule has 1 heterocycles. The van der Waals surface area contributed by atoms with Crippen LogP contribution in [0.25, 0.3) is 0 Å². The fraction of sp³-hybridized carbons (Fsp3) is 0.500. The largest absolute Gasteiger partial charge is 0.243 e. The second-order valence-electron chi connectivity index (χ2n) is 5.74. The van der Waals surface area contributed by atoms with Gasteiger partial charge in [-0.2, -0.15) is 4.31 Å². The number of sulfonamides is 1. The summed E-state index contributed by atoms with van der Waals surface area (Å²) in [4.78, 5) is 0.400. The molecule has 3 nitrogen and oxygen atoms in total. The van der Waals surface area contributed by atoms with Gasteiger partial charge in [0, 0.05) is 12.6 Å². The molecule has 0 bridgehead atoms. The van der Waals surface area contributed by atoms with E-state index in [1.807, 2.05) is 32.9 Å². The van der Waals surface area contributed by atoms with E-state index in [9.17, 15) is 8.42 Å². The third-order valence-electron chi connectivity index (χ3n) is 3.65. The number of allylic oxidation sites excluding steroid dienone is 1. The number of aryl methyl sites for hydroxylation is 1. The highest BCUT2D eigenvalue weighted by atomic mass is 32.2. The number of benzene rings is 1. The van der Waals surface area contributed by atoms with Crippen molar-refractivity contribution in [2.45, 2.75) is 51.0 Å². The van der Waals surface area contributed by atoms with Gasteiger partial charge < -0.3 is 0 Å². The van der Waals surface area contributed by atoms with Crippen LogP contribution in [0.3, 0.4) is 0 Å². The Morgan fingerprint density at radius 1 is 1.20 bits per heavy atom. The van der Waals surface area contributed by atoms with Crippen LogP contribution in [-0.2, 0) is 10.0 Å². The van der Waals surface area contributed by atoms with Gasteiger partial charge in [-0.05, 0) is 45.7 Å². The van der Waals surface area contributed by atoms with E-state index >= 15 is 0 Å². The topological polar surface area (TPSA) is 37.4 Å². The van der Waals surface area contributed by atoms with Crippen LogP contribution in [0, 0.1) is 6.92 Å². The summed E-state index contributed by atoms with van der Waals surface area (Å²) >= 11 is 0. The number of hydrogen-bond donors (Lipinski definition) is 0. The summed E-state index contributed by atoms with van der Waals surface area (Å²) in [6, 6.07) is 7.12. The lowest BCUT2D eigenvalue weighted by Gasteiger charge is -2.33. The standard InChI is InChI=1S/C16H23NO2S/c1-13(2)12-15-6-4-5-11-17(15)20(18,19)16-9-7-14(3)8-10-16/h7-10,12,15H,4-6,11H2,1-3H3/t15-/m0/s1. The zero-order valence-electron chi connectivity index (χ0n) is 12.5. The van der Waals surface area contributed by atoms with Gasteiger partial charge in [-0.3, -0.25) is 0 Å². The molecular weight excluding hydrogens is 270 g/mol. The van der Waals surface area contributed by atoms with Gasteiger partial charge in [0.05, 0.1) is 4.90 Å². The van der Waals surface area contributed by atoms with Crippen molar-refractivity contribution in [2.75, 3.05) is 6.54 Å². The van der Waals surface area contributed by atoms with E-state index in [4.69, 9.17) is 0 Å². The first-order valence-electron chi connectivity index (χ1n) is 7.15. The third-order valence-corrected chi connectivity index (χ3v) is 5.59. The molecular formula is C16H23NO2S. The molecule has 1 aliphatic heterocycles. The Labute approximate surface area is 122 Å². The average Bonchev–Trinajstić information content (AvgIpc) is 2.39. The summed E-state index contributed by atoms with van der Waals surface area (Å²) in [5.74, 6) is 0. The van der Waals surface area contributed by atoms with Crippen LogP contribution in [0.1, 0.15) is 38.7 Å². The maximum Gasteiger partial charge on any atom is 0.243 e. The molecule has 1 aromatic rings. The van der Waals surface area contributed by atoms with Gasteiger partial charge in [-0.15, -0.1) is 0 Å². The van der Waals surface area contributed by atoms with Crippen molar-refractivity contribution in [3.05, 3.63) is 41.5 Å². The normalized spacial score (nSPS) is 20.6. The van der Waals surface area contributed by atoms with E-state index < -0.39 is 10.0 Å². The van der Waals surface area contributed by atoms with Gasteiger partial charge in [0.25, 0.3) is 0 Å². The Morgan fingerprint density at radius 2 is 1.85 bits per heavy atom. The monoisotopic (exact) mass is 293 g/mol. The second-order valence-corrected chi connectivity index (χ2v) is 7.63. The molecule has 0 spiro atoms. The van der Waals surface area contributed by atoms with Crippen LogP contribution in [0.2, 0.25) is 0 Å². The molecule has 0 N–H and O–H groups in total. The van der Waals surface area contributed by atoms with Crippen molar-refractivity contribution in [1.29, 1.82) is 0 Å². The van der Waals surface area contributed by atoms with Crippen molar-refractivity contribution in [2.24, 2.45) is 0 Å². The first-order valence-corrected chi connectivity index (χ1v) is 8.59. The van der Waals surface area contributed by atoms with E-state index in [1.165, 1.54) is 5.57 Å². The SMILES string of the molecule is CC(C)=C[C@@H]1CCCCN1S(=O)(=O)c1ccc(C)cc1. The number of hydrogen-bond acceptors (Lipinski definition) is 2. The van der Waals surface area contributed by atoms with Crippen LogP contribution in [0.5, 0.6) is 0 Å². The highest BCUT2D eigenvalue weighted by Crippen LogP contribution is 2.26. The van der Waals surface area contributed by atoms with Gasteiger partial charge in [-0.1, -0.05) is 35.8 Å². The molecule has 1 aliphatic rings. The lowest BCUT2D eigenvalue weighted by molar-refractivity contribution is 0.291. The predicted molar refractivity (Wildman–Crippen MR) is 82.1 cm³/mol. The van der Waals surface area contributed by atoms with Crippen LogP contribution < -0.4 is 0 Å².